The number of carbonyl (C=O) groups excluding carboxylic acids is 1. The number of hydrogen-bond donors (Lipinski definition) is 3. The van der Waals surface area contributed by atoms with Crippen LogP contribution in [0.15, 0.2) is 24.5 Å². The van der Waals surface area contributed by atoms with Crippen molar-refractivity contribution in [2.24, 2.45) is 0 Å². The van der Waals surface area contributed by atoms with Gasteiger partial charge in [-0.2, -0.15) is 0 Å². The number of nitrogens with one attached hydrogen (secondary N) is 2. The van der Waals surface area contributed by atoms with Crippen LogP contribution in [0.25, 0.3) is 0 Å². The van der Waals surface area contributed by atoms with Gasteiger partial charge in [0.25, 0.3) is 0 Å². The molecule has 0 aromatic carbocycles. The van der Waals surface area contributed by atoms with Gasteiger partial charge >= 0.3 is 0 Å². The molecule has 17 heavy (non-hydrogen) atoms. The monoisotopic (exact) mass is 237 g/mol. The molecule has 0 spiro atoms. The van der Waals surface area contributed by atoms with E-state index in [9.17, 15) is 4.79 Å². The van der Waals surface area contributed by atoms with Crippen LogP contribution in [0.3, 0.4) is 0 Å². The van der Waals surface area contributed by atoms with Gasteiger partial charge in [-0.05, 0) is 18.6 Å². The summed E-state index contributed by atoms with van der Waals surface area (Å²) in [6.07, 6.45) is 3.36. The van der Waals surface area contributed by atoms with Crippen molar-refractivity contribution in [3.63, 3.8) is 0 Å². The third-order valence-electron chi connectivity index (χ3n) is 2.15. The summed E-state index contributed by atoms with van der Waals surface area (Å²) >= 11 is 0. The highest BCUT2D eigenvalue weighted by Crippen LogP contribution is 1.96. The average Bonchev–Trinajstić information content (AvgIpc) is 2.29. The van der Waals surface area contributed by atoms with Gasteiger partial charge in [-0.25, -0.2) is 0 Å². The first kappa shape index (κ1) is 13.6. The molecule has 1 atom stereocenters. The largest absolute Gasteiger partial charge is 0.392 e. The minimum absolute atomic E-state index is 0.0168. The van der Waals surface area contributed by atoms with Crippen LogP contribution in [0.1, 0.15) is 12.5 Å². The Morgan fingerprint density at radius 2 is 2.35 bits per heavy atom. The molecule has 0 saturated heterocycles. The summed E-state index contributed by atoms with van der Waals surface area (Å²) in [5, 5.41) is 14.8. The first-order chi connectivity index (χ1) is 8.18. The quantitative estimate of drug-likeness (QED) is 0.570. The van der Waals surface area contributed by atoms with Crippen molar-refractivity contribution in [3.05, 3.63) is 30.1 Å². The minimum atomic E-state index is -0.360. The molecule has 3 N–H and O–H groups in total. The molecule has 1 heterocycles. The zero-order valence-corrected chi connectivity index (χ0v) is 10.0. The van der Waals surface area contributed by atoms with E-state index in [1.807, 2.05) is 12.1 Å². The van der Waals surface area contributed by atoms with Crippen LogP contribution in [0, 0.1) is 0 Å². The summed E-state index contributed by atoms with van der Waals surface area (Å²) < 4.78 is 0. The maximum atomic E-state index is 11.5. The summed E-state index contributed by atoms with van der Waals surface area (Å²) in [6.45, 7) is 3.47. The molecule has 5 nitrogen and oxygen atoms in total. The van der Waals surface area contributed by atoms with Crippen molar-refractivity contribution in [1.29, 1.82) is 0 Å². The van der Waals surface area contributed by atoms with Crippen LogP contribution in [-0.4, -0.2) is 41.7 Å². The van der Waals surface area contributed by atoms with Gasteiger partial charge in [-0.1, -0.05) is 6.07 Å². The predicted octanol–water partition coefficient (Wildman–Crippen LogP) is -0.289. The highest BCUT2D eigenvalue weighted by molar-refractivity contribution is 5.78. The van der Waals surface area contributed by atoms with Crippen molar-refractivity contribution >= 4 is 5.91 Å². The van der Waals surface area contributed by atoms with Crippen molar-refractivity contribution < 1.29 is 9.90 Å². The highest BCUT2D eigenvalue weighted by atomic mass is 16.3. The summed E-state index contributed by atoms with van der Waals surface area (Å²) in [7, 11) is 0. The number of carbonyl (C=O) groups is 1. The Hall–Kier alpha value is -1.46. The van der Waals surface area contributed by atoms with Crippen LogP contribution < -0.4 is 10.6 Å². The van der Waals surface area contributed by atoms with Crippen molar-refractivity contribution in [3.8, 4) is 0 Å². The van der Waals surface area contributed by atoms with Gasteiger partial charge in [-0.3, -0.25) is 9.78 Å². The van der Waals surface area contributed by atoms with E-state index in [1.54, 1.807) is 19.3 Å². The predicted molar refractivity (Wildman–Crippen MR) is 65.5 cm³/mol. The minimum Gasteiger partial charge on any atom is -0.392 e. The fourth-order valence-corrected chi connectivity index (χ4v) is 1.35. The number of aromatic nitrogens is 1. The third kappa shape index (κ3) is 6.65. The standard InChI is InChI=1S/C12H19N3O2/c1-10(16)8-14-5-6-15-12(17)7-11-3-2-4-13-9-11/h2-4,9-10,14,16H,5-8H2,1H3,(H,15,17). The number of hydrogen-bond acceptors (Lipinski definition) is 4. The molecule has 0 aliphatic heterocycles. The van der Waals surface area contributed by atoms with Crippen LogP contribution in [0.4, 0.5) is 0 Å². The van der Waals surface area contributed by atoms with Crippen molar-refractivity contribution in [2.75, 3.05) is 19.6 Å². The van der Waals surface area contributed by atoms with Crippen LogP contribution in [0.5, 0.6) is 0 Å². The van der Waals surface area contributed by atoms with Crippen molar-refractivity contribution in [2.45, 2.75) is 19.4 Å². The molecule has 0 aliphatic rings. The van der Waals surface area contributed by atoms with E-state index in [-0.39, 0.29) is 12.0 Å². The summed E-state index contributed by atoms with van der Waals surface area (Å²) in [4.78, 5) is 15.4. The second-order valence-corrected chi connectivity index (χ2v) is 3.94. The Morgan fingerprint density at radius 3 is 3.00 bits per heavy atom. The number of aliphatic hydroxyl groups is 1. The molecule has 94 valence electrons. The molecule has 1 aromatic rings. The molecule has 0 bridgehead atoms. The van der Waals surface area contributed by atoms with Crippen LogP contribution >= 0.6 is 0 Å². The molecule has 1 rings (SSSR count). The smallest absolute Gasteiger partial charge is 0.224 e. The molecular weight excluding hydrogens is 218 g/mol. The van der Waals surface area contributed by atoms with E-state index in [2.05, 4.69) is 15.6 Å². The Morgan fingerprint density at radius 1 is 1.53 bits per heavy atom. The second-order valence-electron chi connectivity index (χ2n) is 3.94. The van der Waals surface area contributed by atoms with Gasteiger partial charge < -0.3 is 15.7 Å². The van der Waals surface area contributed by atoms with Crippen LogP contribution in [-0.2, 0) is 11.2 Å². The number of nitrogens with zero attached hydrogens (tertiary/aromatic N) is 1. The van der Waals surface area contributed by atoms with Gasteiger partial charge in [0.05, 0.1) is 12.5 Å². The molecular formula is C12H19N3O2. The Bertz CT molecular complexity index is 328. The second kappa shape index (κ2) is 7.76. The lowest BCUT2D eigenvalue weighted by Gasteiger charge is -2.08. The summed E-state index contributed by atoms with van der Waals surface area (Å²) in [6, 6.07) is 3.69. The number of aliphatic hydroxyl groups excluding tert-OH is 1. The van der Waals surface area contributed by atoms with Gasteiger partial charge in [0.2, 0.25) is 5.91 Å². The number of pyridine rings is 1. The van der Waals surface area contributed by atoms with Gasteiger partial charge in [0, 0.05) is 32.0 Å². The zero-order chi connectivity index (χ0) is 12.5. The van der Waals surface area contributed by atoms with E-state index < -0.39 is 0 Å². The highest BCUT2D eigenvalue weighted by Gasteiger charge is 2.02. The topological polar surface area (TPSA) is 74.2 Å². The van der Waals surface area contributed by atoms with Gasteiger partial charge in [0.1, 0.15) is 0 Å². The third-order valence-corrected chi connectivity index (χ3v) is 2.15. The average molecular weight is 237 g/mol. The van der Waals surface area contributed by atoms with E-state index in [1.165, 1.54) is 0 Å². The first-order valence-electron chi connectivity index (χ1n) is 5.73. The lowest BCUT2D eigenvalue weighted by molar-refractivity contribution is -0.120. The fraction of sp³-hybridized carbons (Fsp3) is 0.500. The number of rotatable bonds is 7. The van der Waals surface area contributed by atoms with E-state index in [4.69, 9.17) is 5.11 Å². The first-order valence-corrected chi connectivity index (χ1v) is 5.73. The zero-order valence-electron chi connectivity index (χ0n) is 10.0. The Kier molecular flexibility index (Phi) is 6.21. The van der Waals surface area contributed by atoms with E-state index >= 15 is 0 Å². The van der Waals surface area contributed by atoms with Crippen LogP contribution in [0.2, 0.25) is 0 Å². The molecule has 0 radical (unpaired) electrons. The van der Waals surface area contributed by atoms with Gasteiger partial charge in [-0.15, -0.1) is 0 Å². The van der Waals surface area contributed by atoms with Gasteiger partial charge in [0.15, 0.2) is 0 Å². The molecule has 1 aromatic heterocycles. The normalized spacial score (nSPS) is 12.1. The molecule has 0 aliphatic carbocycles. The lowest BCUT2D eigenvalue weighted by atomic mass is 10.2. The summed E-state index contributed by atoms with van der Waals surface area (Å²) in [5.74, 6) is -0.0168. The SMILES string of the molecule is CC(O)CNCCNC(=O)Cc1cccnc1. The molecule has 1 amide bonds. The Balaban J connectivity index is 2.10. The molecule has 5 heteroatoms. The molecule has 0 fully saturated rings. The maximum absolute atomic E-state index is 11.5. The maximum Gasteiger partial charge on any atom is 0.224 e. The van der Waals surface area contributed by atoms with E-state index in [0.29, 0.717) is 26.1 Å². The van der Waals surface area contributed by atoms with Crippen molar-refractivity contribution in [1.82, 2.24) is 15.6 Å². The fourth-order valence-electron chi connectivity index (χ4n) is 1.35. The summed E-state index contributed by atoms with van der Waals surface area (Å²) in [5.41, 5.74) is 0.905. The van der Waals surface area contributed by atoms with E-state index in [0.717, 1.165) is 5.56 Å². The number of amides is 1. The molecule has 0 saturated carbocycles. The Labute approximate surface area is 101 Å². The molecule has 1 unspecified atom stereocenters. The lowest BCUT2D eigenvalue weighted by Crippen LogP contribution is -2.35.